The number of pyridine rings is 1. The Hall–Kier alpha value is -3.68. The van der Waals surface area contributed by atoms with Crippen LogP contribution in [0.15, 0.2) is 47.9 Å². The fourth-order valence-corrected chi connectivity index (χ4v) is 3.26. The number of fused-ring (bicyclic) bond motifs is 1. The Kier molecular flexibility index (Phi) is 6.26. The SMILES string of the molecule is CCOc1cc(C(C=NC)=CN)ccc1Nc1ncc2ccnc(NCC3CC3)c2n1. The maximum atomic E-state index is 5.85. The van der Waals surface area contributed by atoms with Crippen molar-refractivity contribution < 1.29 is 4.74 Å². The molecule has 0 amide bonds. The zero-order valence-corrected chi connectivity index (χ0v) is 17.8. The molecule has 0 spiro atoms. The molecule has 1 aromatic carbocycles. The van der Waals surface area contributed by atoms with E-state index < -0.39 is 0 Å². The van der Waals surface area contributed by atoms with Gasteiger partial charge in [-0.3, -0.25) is 4.99 Å². The molecule has 0 atom stereocenters. The second-order valence-corrected chi connectivity index (χ2v) is 7.39. The van der Waals surface area contributed by atoms with Crippen LogP contribution in [0.2, 0.25) is 0 Å². The minimum absolute atomic E-state index is 0.480. The normalized spacial score (nSPS) is 14.2. The Morgan fingerprint density at radius 3 is 2.90 bits per heavy atom. The molecule has 2 aromatic heterocycles. The Morgan fingerprint density at radius 1 is 1.29 bits per heavy atom. The van der Waals surface area contributed by atoms with E-state index >= 15 is 0 Å². The van der Waals surface area contributed by atoms with Crippen molar-refractivity contribution in [1.82, 2.24) is 15.0 Å². The molecule has 0 bridgehead atoms. The number of benzene rings is 1. The van der Waals surface area contributed by atoms with Gasteiger partial charge in [0.15, 0.2) is 5.82 Å². The number of allylic oxidation sites excluding steroid dienone is 1. The van der Waals surface area contributed by atoms with Gasteiger partial charge in [-0.2, -0.15) is 0 Å². The summed E-state index contributed by atoms with van der Waals surface area (Å²) in [5.41, 5.74) is 9.04. The van der Waals surface area contributed by atoms with Crippen LogP contribution >= 0.6 is 0 Å². The summed E-state index contributed by atoms with van der Waals surface area (Å²) in [6, 6.07) is 7.72. The van der Waals surface area contributed by atoms with Crippen LogP contribution < -0.4 is 21.1 Å². The average molecular weight is 418 g/mol. The third-order valence-corrected chi connectivity index (χ3v) is 5.06. The quantitative estimate of drug-likeness (QED) is 0.452. The summed E-state index contributed by atoms with van der Waals surface area (Å²) in [5.74, 6) is 2.69. The van der Waals surface area contributed by atoms with Crippen LogP contribution in [-0.4, -0.2) is 41.4 Å². The molecule has 31 heavy (non-hydrogen) atoms. The molecule has 1 aliphatic carbocycles. The summed E-state index contributed by atoms with van der Waals surface area (Å²) in [6.45, 7) is 3.39. The van der Waals surface area contributed by atoms with Crippen molar-refractivity contribution >= 4 is 40.1 Å². The van der Waals surface area contributed by atoms with Crippen molar-refractivity contribution in [2.75, 3.05) is 30.8 Å². The highest BCUT2D eigenvalue weighted by atomic mass is 16.5. The van der Waals surface area contributed by atoms with Crippen molar-refractivity contribution in [3.8, 4) is 5.75 Å². The number of nitrogens with one attached hydrogen (secondary N) is 2. The Bertz CT molecular complexity index is 1120. The Balaban J connectivity index is 1.63. The molecule has 1 saturated carbocycles. The summed E-state index contributed by atoms with van der Waals surface area (Å²) in [5, 5.41) is 7.65. The lowest BCUT2D eigenvalue weighted by Gasteiger charge is -2.14. The van der Waals surface area contributed by atoms with Gasteiger partial charge in [-0.05, 0) is 49.4 Å². The zero-order chi connectivity index (χ0) is 21.6. The highest BCUT2D eigenvalue weighted by Gasteiger charge is 2.21. The van der Waals surface area contributed by atoms with Gasteiger partial charge in [0.25, 0.3) is 0 Å². The summed E-state index contributed by atoms with van der Waals surface area (Å²) in [6.07, 6.45) is 9.38. The molecule has 8 heteroatoms. The minimum Gasteiger partial charge on any atom is -0.492 e. The first-order chi connectivity index (χ1) is 15.2. The third-order valence-electron chi connectivity index (χ3n) is 5.06. The van der Waals surface area contributed by atoms with Crippen LogP contribution in [0, 0.1) is 5.92 Å². The number of hydrogen-bond acceptors (Lipinski definition) is 8. The first-order valence-electron chi connectivity index (χ1n) is 10.5. The highest BCUT2D eigenvalue weighted by Crippen LogP contribution is 2.32. The van der Waals surface area contributed by atoms with Crippen LogP contribution in [0.25, 0.3) is 16.5 Å². The number of nitrogens with two attached hydrogens (primary N) is 1. The van der Waals surface area contributed by atoms with Crippen molar-refractivity contribution in [2.24, 2.45) is 16.6 Å². The fourth-order valence-electron chi connectivity index (χ4n) is 3.26. The maximum absolute atomic E-state index is 5.85. The van der Waals surface area contributed by atoms with Gasteiger partial charge < -0.3 is 21.1 Å². The average Bonchev–Trinajstić information content (AvgIpc) is 3.62. The second-order valence-electron chi connectivity index (χ2n) is 7.39. The van der Waals surface area contributed by atoms with Crippen LogP contribution in [0.5, 0.6) is 5.75 Å². The van der Waals surface area contributed by atoms with Gasteiger partial charge in [0.05, 0.1) is 12.3 Å². The lowest BCUT2D eigenvalue weighted by Crippen LogP contribution is -2.07. The van der Waals surface area contributed by atoms with E-state index in [1.54, 1.807) is 25.7 Å². The first-order valence-corrected chi connectivity index (χ1v) is 10.5. The number of nitrogens with zero attached hydrogens (tertiary/aromatic N) is 4. The van der Waals surface area contributed by atoms with Crippen molar-refractivity contribution in [1.29, 1.82) is 0 Å². The van der Waals surface area contributed by atoms with E-state index in [1.807, 2.05) is 31.2 Å². The lowest BCUT2D eigenvalue weighted by atomic mass is 10.1. The van der Waals surface area contributed by atoms with Gasteiger partial charge in [-0.25, -0.2) is 15.0 Å². The summed E-state index contributed by atoms with van der Waals surface area (Å²) in [7, 11) is 1.71. The van der Waals surface area contributed by atoms with Crippen molar-refractivity contribution in [2.45, 2.75) is 19.8 Å². The molecule has 3 aromatic rings. The number of aliphatic imine (C=N–C) groups is 1. The van der Waals surface area contributed by atoms with E-state index in [2.05, 4.69) is 25.6 Å². The first kappa shape index (κ1) is 20.6. The topological polar surface area (TPSA) is 110 Å². The largest absolute Gasteiger partial charge is 0.492 e. The molecular formula is C23H27N7O. The summed E-state index contributed by atoms with van der Waals surface area (Å²) >= 11 is 0. The molecule has 8 nitrogen and oxygen atoms in total. The van der Waals surface area contributed by atoms with E-state index in [0.717, 1.165) is 46.0 Å². The number of anilines is 3. The molecule has 0 aliphatic heterocycles. The Labute approximate surface area is 181 Å². The molecule has 0 radical (unpaired) electrons. The molecule has 1 fully saturated rings. The Morgan fingerprint density at radius 2 is 2.16 bits per heavy atom. The minimum atomic E-state index is 0.480. The zero-order valence-electron chi connectivity index (χ0n) is 17.8. The van der Waals surface area contributed by atoms with Crippen LogP contribution in [-0.2, 0) is 0 Å². The monoisotopic (exact) mass is 417 g/mol. The number of aromatic nitrogens is 3. The molecule has 4 N–H and O–H groups in total. The molecular weight excluding hydrogens is 390 g/mol. The second kappa shape index (κ2) is 9.42. The standard InChI is InChI=1S/C23H27N7O/c1-3-31-20-10-16(18(11-24)13-25-2)6-7-19(20)29-23-28-14-17-8-9-26-22(21(17)30-23)27-12-15-4-5-15/h6-11,13-15H,3-5,12,24H2,1-2H3,(H,26,27)(H,28,29,30). The molecule has 0 unspecified atom stereocenters. The smallest absolute Gasteiger partial charge is 0.227 e. The van der Waals surface area contributed by atoms with E-state index in [0.29, 0.717) is 18.3 Å². The highest BCUT2D eigenvalue weighted by molar-refractivity contribution is 6.09. The predicted molar refractivity (Wildman–Crippen MR) is 126 cm³/mol. The predicted octanol–water partition coefficient (Wildman–Crippen LogP) is 3.99. The molecule has 2 heterocycles. The molecule has 0 saturated heterocycles. The fraction of sp³-hybridized carbons (Fsp3) is 0.304. The number of rotatable bonds is 9. The van der Waals surface area contributed by atoms with Gasteiger partial charge in [-0.1, -0.05) is 6.07 Å². The van der Waals surface area contributed by atoms with Crippen LogP contribution in [0.4, 0.5) is 17.5 Å². The van der Waals surface area contributed by atoms with E-state index in [1.165, 1.54) is 19.0 Å². The van der Waals surface area contributed by atoms with Gasteiger partial charge >= 0.3 is 0 Å². The van der Waals surface area contributed by atoms with Gasteiger partial charge in [-0.15, -0.1) is 0 Å². The van der Waals surface area contributed by atoms with Gasteiger partial charge in [0, 0.05) is 49.4 Å². The van der Waals surface area contributed by atoms with Crippen LogP contribution in [0.3, 0.4) is 0 Å². The lowest BCUT2D eigenvalue weighted by molar-refractivity contribution is 0.342. The maximum Gasteiger partial charge on any atom is 0.227 e. The molecule has 160 valence electrons. The number of hydrogen-bond donors (Lipinski definition) is 3. The summed E-state index contributed by atoms with van der Waals surface area (Å²) in [4.78, 5) is 17.7. The van der Waals surface area contributed by atoms with Crippen LogP contribution in [0.1, 0.15) is 25.3 Å². The van der Waals surface area contributed by atoms with Crippen molar-refractivity contribution in [3.63, 3.8) is 0 Å². The number of ether oxygens (including phenoxy) is 1. The third kappa shape index (κ3) is 4.91. The molecule has 4 rings (SSSR count). The van der Waals surface area contributed by atoms with Gasteiger partial charge in [0.1, 0.15) is 11.3 Å². The van der Waals surface area contributed by atoms with Crippen molar-refractivity contribution in [3.05, 3.63) is 48.4 Å². The van der Waals surface area contributed by atoms with E-state index in [-0.39, 0.29) is 0 Å². The van der Waals surface area contributed by atoms with E-state index in [4.69, 9.17) is 15.5 Å². The molecule has 1 aliphatic rings. The van der Waals surface area contributed by atoms with Gasteiger partial charge in [0.2, 0.25) is 5.95 Å². The van der Waals surface area contributed by atoms with E-state index in [9.17, 15) is 0 Å². The summed E-state index contributed by atoms with van der Waals surface area (Å²) < 4.78 is 5.85.